The van der Waals surface area contributed by atoms with E-state index in [1.807, 2.05) is 0 Å². The van der Waals surface area contributed by atoms with Gasteiger partial charge in [-0.05, 0) is 49.7 Å². The van der Waals surface area contributed by atoms with Crippen molar-refractivity contribution in [3.8, 4) is 0 Å². The molecule has 2 N–H and O–H groups in total. The van der Waals surface area contributed by atoms with Crippen LogP contribution in [0.5, 0.6) is 0 Å². The highest BCUT2D eigenvalue weighted by Gasteiger charge is 2.30. The molecule has 1 amide bonds. The summed E-state index contributed by atoms with van der Waals surface area (Å²) in [6, 6.07) is 6.31. The Kier molecular flexibility index (Phi) is 7.52. The summed E-state index contributed by atoms with van der Waals surface area (Å²) in [5.41, 5.74) is -4.15. The Morgan fingerprint density at radius 1 is 1.36 bits per heavy atom. The van der Waals surface area contributed by atoms with E-state index in [4.69, 9.17) is 0 Å². The van der Waals surface area contributed by atoms with Crippen LogP contribution in [0, 0.1) is 0 Å². The molecule has 22 heavy (non-hydrogen) atoms. The molecule has 1 atom stereocenters. The normalized spacial score (nSPS) is 17.9. The Balaban J connectivity index is 0.00000242. The van der Waals surface area contributed by atoms with Gasteiger partial charge in [0, 0.05) is 17.4 Å². The molecule has 1 aromatic rings. The largest absolute Gasteiger partial charge is 0.446 e. The first-order chi connectivity index (χ1) is 9.94. The zero-order chi connectivity index (χ0) is 15.3. The molecule has 8 heteroatoms. The first kappa shape index (κ1) is 19.1. The van der Waals surface area contributed by atoms with E-state index in [0.717, 1.165) is 19.4 Å². The van der Waals surface area contributed by atoms with Crippen LogP contribution in [-0.4, -0.2) is 24.0 Å². The number of hydrogen-bond acceptors (Lipinski definition) is 3. The van der Waals surface area contributed by atoms with E-state index >= 15 is 0 Å². The van der Waals surface area contributed by atoms with Crippen molar-refractivity contribution >= 4 is 35.8 Å². The molecule has 1 fully saturated rings. The van der Waals surface area contributed by atoms with Gasteiger partial charge >= 0.3 is 5.51 Å². The molecule has 0 saturated carbocycles. The van der Waals surface area contributed by atoms with Crippen molar-refractivity contribution in [2.45, 2.75) is 42.1 Å². The van der Waals surface area contributed by atoms with Gasteiger partial charge in [-0.3, -0.25) is 4.79 Å². The maximum Gasteiger partial charge on any atom is 0.446 e. The molecule has 1 unspecified atom stereocenters. The Bertz CT molecular complexity index is 493. The predicted octanol–water partition coefficient (Wildman–Crippen LogP) is 4.19. The van der Waals surface area contributed by atoms with E-state index in [1.165, 1.54) is 18.2 Å². The Morgan fingerprint density at radius 2 is 2.09 bits per heavy atom. The van der Waals surface area contributed by atoms with Crippen molar-refractivity contribution in [1.29, 1.82) is 0 Å². The molecule has 1 heterocycles. The first-order valence-electron chi connectivity index (χ1n) is 6.82. The van der Waals surface area contributed by atoms with Gasteiger partial charge in [0.15, 0.2) is 0 Å². The van der Waals surface area contributed by atoms with E-state index in [0.29, 0.717) is 18.9 Å². The van der Waals surface area contributed by atoms with Gasteiger partial charge in [-0.25, -0.2) is 0 Å². The highest BCUT2D eigenvalue weighted by atomic mass is 35.5. The highest BCUT2D eigenvalue weighted by molar-refractivity contribution is 8.00. The molecule has 1 aliphatic rings. The number of thioether (sulfide) groups is 1. The number of nitrogens with one attached hydrogen (secondary N) is 2. The van der Waals surface area contributed by atoms with Crippen LogP contribution in [0.15, 0.2) is 29.2 Å². The monoisotopic (exact) mass is 354 g/mol. The van der Waals surface area contributed by atoms with Crippen LogP contribution in [0.25, 0.3) is 0 Å². The molecule has 0 aromatic heterocycles. The molecule has 2 rings (SSSR count). The standard InChI is InChI=1S/C14H17F3N2OS.ClH/c15-14(16,17)21-12-6-2-1-5-11(12)19-13(20)8-7-10-4-3-9-18-10;/h1-2,5-6,10,18H,3-4,7-9H2,(H,19,20);1H. The number of benzene rings is 1. The first-order valence-corrected chi connectivity index (χ1v) is 7.64. The quantitative estimate of drug-likeness (QED) is 0.779. The van der Waals surface area contributed by atoms with Gasteiger partial charge in [0.2, 0.25) is 5.91 Å². The summed E-state index contributed by atoms with van der Waals surface area (Å²) in [4.78, 5) is 11.9. The molecule has 0 aliphatic carbocycles. The lowest BCUT2D eigenvalue weighted by Crippen LogP contribution is -2.23. The fourth-order valence-corrected chi connectivity index (χ4v) is 2.93. The SMILES string of the molecule is Cl.O=C(CCC1CCCN1)Nc1ccccc1SC(F)(F)F. The van der Waals surface area contributed by atoms with Crippen molar-refractivity contribution in [3.05, 3.63) is 24.3 Å². The molecule has 1 saturated heterocycles. The third-order valence-corrected chi connectivity index (χ3v) is 4.08. The fourth-order valence-electron chi connectivity index (χ4n) is 2.30. The number of anilines is 1. The number of halogens is 4. The zero-order valence-electron chi connectivity index (χ0n) is 11.8. The summed E-state index contributed by atoms with van der Waals surface area (Å²) < 4.78 is 37.4. The Hall–Kier alpha value is -0.920. The smallest absolute Gasteiger partial charge is 0.325 e. The molecule has 1 aromatic carbocycles. The average molecular weight is 355 g/mol. The van der Waals surface area contributed by atoms with E-state index in [9.17, 15) is 18.0 Å². The van der Waals surface area contributed by atoms with Gasteiger partial charge in [-0.15, -0.1) is 12.4 Å². The van der Waals surface area contributed by atoms with Crippen molar-refractivity contribution in [1.82, 2.24) is 5.32 Å². The molecule has 0 radical (unpaired) electrons. The summed E-state index contributed by atoms with van der Waals surface area (Å²) in [5.74, 6) is -0.251. The van der Waals surface area contributed by atoms with Crippen LogP contribution < -0.4 is 10.6 Å². The van der Waals surface area contributed by atoms with E-state index < -0.39 is 5.51 Å². The minimum Gasteiger partial charge on any atom is -0.325 e. The molecular weight excluding hydrogens is 337 g/mol. The van der Waals surface area contributed by atoms with Gasteiger partial charge in [0.25, 0.3) is 0 Å². The highest BCUT2D eigenvalue weighted by Crippen LogP contribution is 2.40. The minimum absolute atomic E-state index is 0. The lowest BCUT2D eigenvalue weighted by Gasteiger charge is -2.13. The zero-order valence-corrected chi connectivity index (χ0v) is 13.4. The van der Waals surface area contributed by atoms with Crippen LogP contribution in [-0.2, 0) is 4.79 Å². The van der Waals surface area contributed by atoms with Gasteiger partial charge in [-0.2, -0.15) is 13.2 Å². The molecule has 124 valence electrons. The summed E-state index contributed by atoms with van der Waals surface area (Å²) in [7, 11) is 0. The van der Waals surface area contributed by atoms with Crippen LogP contribution >= 0.6 is 24.2 Å². The minimum atomic E-state index is -4.37. The predicted molar refractivity (Wildman–Crippen MR) is 84.5 cm³/mol. The van der Waals surface area contributed by atoms with Crippen LogP contribution in [0.3, 0.4) is 0 Å². The summed E-state index contributed by atoms with van der Waals surface area (Å²) in [6.45, 7) is 0.970. The number of amides is 1. The Labute approximate surface area is 137 Å². The average Bonchev–Trinajstić information content (AvgIpc) is 2.90. The van der Waals surface area contributed by atoms with Crippen molar-refractivity contribution < 1.29 is 18.0 Å². The topological polar surface area (TPSA) is 41.1 Å². The van der Waals surface area contributed by atoms with E-state index in [-0.39, 0.29) is 40.7 Å². The van der Waals surface area contributed by atoms with Gasteiger partial charge < -0.3 is 10.6 Å². The number of carbonyl (C=O) groups excluding carboxylic acids is 1. The molecular formula is C14H18ClF3N2OS. The number of rotatable bonds is 5. The molecule has 1 aliphatic heterocycles. The lowest BCUT2D eigenvalue weighted by atomic mass is 10.1. The van der Waals surface area contributed by atoms with Gasteiger partial charge in [0.1, 0.15) is 0 Å². The summed E-state index contributed by atoms with van der Waals surface area (Å²) in [6.07, 6.45) is 3.17. The number of carbonyl (C=O) groups is 1. The van der Waals surface area contributed by atoms with Crippen LogP contribution in [0.1, 0.15) is 25.7 Å². The summed E-state index contributed by atoms with van der Waals surface area (Å²) >= 11 is -0.214. The van der Waals surface area contributed by atoms with Gasteiger partial charge in [-0.1, -0.05) is 12.1 Å². The number of para-hydroxylation sites is 1. The summed E-state index contributed by atoms with van der Waals surface area (Å²) in [5, 5.41) is 5.85. The molecule has 0 spiro atoms. The third-order valence-electron chi connectivity index (χ3n) is 3.27. The van der Waals surface area contributed by atoms with Crippen molar-refractivity contribution in [2.24, 2.45) is 0 Å². The number of alkyl halides is 3. The Morgan fingerprint density at radius 3 is 2.73 bits per heavy atom. The third kappa shape index (κ3) is 6.46. The molecule has 0 bridgehead atoms. The second-order valence-corrected chi connectivity index (χ2v) is 6.03. The number of hydrogen-bond donors (Lipinski definition) is 2. The van der Waals surface area contributed by atoms with Crippen molar-refractivity contribution in [2.75, 3.05) is 11.9 Å². The lowest BCUT2D eigenvalue weighted by molar-refractivity contribution is -0.116. The fraction of sp³-hybridized carbons (Fsp3) is 0.500. The molecule has 3 nitrogen and oxygen atoms in total. The van der Waals surface area contributed by atoms with Gasteiger partial charge in [0.05, 0.1) is 5.69 Å². The second-order valence-electron chi connectivity index (χ2n) is 4.92. The van der Waals surface area contributed by atoms with Crippen LogP contribution in [0.2, 0.25) is 0 Å². The maximum atomic E-state index is 12.5. The van der Waals surface area contributed by atoms with Crippen LogP contribution in [0.4, 0.5) is 18.9 Å². The van der Waals surface area contributed by atoms with E-state index in [1.54, 1.807) is 6.07 Å². The maximum absolute atomic E-state index is 12.5. The second kappa shape index (κ2) is 8.64. The van der Waals surface area contributed by atoms with E-state index in [2.05, 4.69) is 10.6 Å². The van der Waals surface area contributed by atoms with Crippen molar-refractivity contribution in [3.63, 3.8) is 0 Å².